The Hall–Kier alpha value is -0.783. The van der Waals surface area contributed by atoms with E-state index >= 15 is 0 Å². The van der Waals surface area contributed by atoms with Crippen LogP contribution in [0.25, 0.3) is 0 Å². The fraction of sp³-hybridized carbons (Fsp3) is 0.714. The number of ether oxygens (including phenoxy) is 2. The van der Waals surface area contributed by atoms with Crippen molar-refractivity contribution < 1.29 is 18.3 Å². The topological polar surface area (TPSA) is 36.9 Å². The first-order chi connectivity index (χ1) is 8.80. The summed E-state index contributed by atoms with van der Waals surface area (Å²) in [6.45, 7) is 11.9. The second-order valence-electron chi connectivity index (χ2n) is 5.08. The van der Waals surface area contributed by atoms with Crippen LogP contribution in [-0.2, 0) is 18.3 Å². The van der Waals surface area contributed by atoms with Crippen LogP contribution >= 0.6 is 0 Å². The van der Waals surface area contributed by atoms with Gasteiger partial charge in [-0.25, -0.2) is 0 Å². The smallest absolute Gasteiger partial charge is 0.421 e. The van der Waals surface area contributed by atoms with Crippen molar-refractivity contribution in [1.29, 1.82) is 0 Å². The van der Waals surface area contributed by atoms with Gasteiger partial charge in [-0.2, -0.15) is 0 Å². The van der Waals surface area contributed by atoms with Gasteiger partial charge >= 0.3 is 8.56 Å². The van der Waals surface area contributed by atoms with Crippen molar-refractivity contribution in [3.8, 4) is 0 Å². The molecule has 0 aromatic carbocycles. The van der Waals surface area contributed by atoms with E-state index in [0.29, 0.717) is 0 Å². The molecule has 0 saturated heterocycles. The Morgan fingerprint density at radius 1 is 0.789 bits per heavy atom. The van der Waals surface area contributed by atoms with Crippen LogP contribution in [-0.4, -0.2) is 34.2 Å². The summed E-state index contributed by atoms with van der Waals surface area (Å²) in [5.74, 6) is 0. The van der Waals surface area contributed by atoms with Gasteiger partial charge in [0.25, 0.3) is 0 Å². The maximum Gasteiger partial charge on any atom is 0.421 e. The molecule has 0 N–H and O–H groups in total. The highest BCUT2D eigenvalue weighted by Crippen LogP contribution is 2.22. The van der Waals surface area contributed by atoms with Crippen molar-refractivity contribution in [1.82, 2.24) is 0 Å². The number of rotatable bonds is 8. The fourth-order valence-corrected chi connectivity index (χ4v) is 4.41. The molecule has 19 heavy (non-hydrogen) atoms. The lowest BCUT2D eigenvalue weighted by Crippen LogP contribution is -2.60. The van der Waals surface area contributed by atoms with E-state index in [-0.39, 0.29) is 11.5 Å². The summed E-state index contributed by atoms with van der Waals surface area (Å²) in [6, 6.07) is 0. The number of hydrogen-bond acceptors (Lipinski definition) is 4. The molecule has 0 amide bonds. The summed E-state index contributed by atoms with van der Waals surface area (Å²) in [5, 5.41) is 0. The molecule has 2 unspecified atom stereocenters. The second-order valence-corrected chi connectivity index (χ2v) is 8.96. The number of hydrogen-bond donors (Lipinski definition) is 0. The molecule has 0 aliphatic heterocycles. The molecule has 0 radical (unpaired) electrons. The van der Waals surface area contributed by atoms with E-state index in [0.717, 1.165) is 11.1 Å². The summed E-state index contributed by atoms with van der Waals surface area (Å²) < 4.78 is 22.8. The van der Waals surface area contributed by atoms with E-state index < -0.39 is 8.56 Å². The molecule has 4 nitrogen and oxygen atoms in total. The second kappa shape index (κ2) is 8.40. The van der Waals surface area contributed by atoms with Crippen LogP contribution < -0.4 is 0 Å². The molecule has 5 heteroatoms. The van der Waals surface area contributed by atoms with Gasteiger partial charge in [0.2, 0.25) is 0 Å². The van der Waals surface area contributed by atoms with Crippen LogP contribution in [0.5, 0.6) is 0 Å². The van der Waals surface area contributed by atoms with Crippen LogP contribution in [0, 0.1) is 0 Å². The molecule has 0 aromatic heterocycles. The van der Waals surface area contributed by atoms with E-state index in [4.69, 9.17) is 18.3 Å². The van der Waals surface area contributed by atoms with Crippen molar-refractivity contribution in [2.45, 2.75) is 53.0 Å². The molecular formula is C14H28O4Si. The van der Waals surface area contributed by atoms with Crippen LogP contribution in [0.1, 0.15) is 41.5 Å². The van der Waals surface area contributed by atoms with Crippen LogP contribution in [0.4, 0.5) is 0 Å². The van der Waals surface area contributed by atoms with E-state index in [2.05, 4.69) is 0 Å². The molecule has 2 atom stereocenters. The van der Waals surface area contributed by atoms with E-state index in [1.807, 2.05) is 41.5 Å². The Balaban J connectivity index is 5.00. The van der Waals surface area contributed by atoms with E-state index in [1.165, 1.54) is 0 Å². The molecule has 0 heterocycles. The SMILES string of the molecule is CO[Si](OC)(C(C)OC=C(C)C)C(C)OC=C(C)C. The quantitative estimate of drug-likeness (QED) is 0.506. The Morgan fingerprint density at radius 2 is 1.11 bits per heavy atom. The standard InChI is InChI=1S/C14H28O4Si/c1-11(2)9-17-13(5)19(15-7,16-8)14(6)18-10-12(3)4/h9-10,13-14H,1-8H3. The molecule has 0 aliphatic rings. The summed E-state index contributed by atoms with van der Waals surface area (Å²) >= 11 is 0. The van der Waals surface area contributed by atoms with Gasteiger partial charge in [-0.3, -0.25) is 0 Å². The Labute approximate surface area is 118 Å². The summed E-state index contributed by atoms with van der Waals surface area (Å²) in [6.07, 6.45) is 3.47. The van der Waals surface area contributed by atoms with Crippen LogP contribution in [0.2, 0.25) is 0 Å². The minimum absolute atomic E-state index is 0.169. The third-order valence-electron chi connectivity index (χ3n) is 2.79. The van der Waals surface area contributed by atoms with Gasteiger partial charge in [-0.05, 0) is 52.7 Å². The molecule has 0 aromatic rings. The van der Waals surface area contributed by atoms with Gasteiger partial charge in [-0.15, -0.1) is 0 Å². The van der Waals surface area contributed by atoms with Crippen molar-refractivity contribution >= 4 is 8.56 Å². The van der Waals surface area contributed by atoms with Gasteiger partial charge in [0.1, 0.15) is 11.5 Å². The lowest BCUT2D eigenvalue weighted by atomic mass is 10.4. The maximum absolute atomic E-state index is 5.73. The summed E-state index contributed by atoms with van der Waals surface area (Å²) in [4.78, 5) is 0. The zero-order valence-electron chi connectivity index (χ0n) is 13.4. The van der Waals surface area contributed by atoms with Gasteiger partial charge in [0.05, 0.1) is 12.5 Å². The van der Waals surface area contributed by atoms with Gasteiger partial charge < -0.3 is 18.3 Å². The van der Waals surface area contributed by atoms with Crippen molar-refractivity contribution in [3.63, 3.8) is 0 Å². The number of allylic oxidation sites excluding steroid dienone is 2. The van der Waals surface area contributed by atoms with Gasteiger partial charge in [-0.1, -0.05) is 0 Å². The van der Waals surface area contributed by atoms with E-state index in [1.54, 1.807) is 26.7 Å². The van der Waals surface area contributed by atoms with Gasteiger partial charge in [0.15, 0.2) is 0 Å². The third kappa shape index (κ3) is 5.38. The van der Waals surface area contributed by atoms with Crippen molar-refractivity contribution in [3.05, 3.63) is 23.7 Å². The normalized spacial score (nSPS) is 14.3. The lowest BCUT2D eigenvalue weighted by Gasteiger charge is -2.36. The molecule has 0 spiro atoms. The largest absolute Gasteiger partial charge is 0.496 e. The van der Waals surface area contributed by atoms with Crippen molar-refractivity contribution in [2.24, 2.45) is 0 Å². The van der Waals surface area contributed by atoms with Crippen LogP contribution in [0.15, 0.2) is 23.7 Å². The van der Waals surface area contributed by atoms with Crippen molar-refractivity contribution in [2.75, 3.05) is 14.2 Å². The first-order valence-electron chi connectivity index (χ1n) is 6.48. The average Bonchev–Trinajstić information content (AvgIpc) is 2.35. The minimum atomic E-state index is -2.62. The third-order valence-corrected chi connectivity index (χ3v) is 6.60. The molecule has 0 aliphatic carbocycles. The molecule has 0 saturated carbocycles. The maximum atomic E-state index is 5.73. The molecule has 0 rings (SSSR count). The Bertz CT molecular complexity index is 285. The minimum Gasteiger partial charge on any atom is -0.496 e. The summed E-state index contributed by atoms with van der Waals surface area (Å²) in [5.41, 5.74) is 1.86. The zero-order valence-corrected chi connectivity index (χ0v) is 14.4. The summed E-state index contributed by atoms with van der Waals surface area (Å²) in [7, 11) is 0.689. The average molecular weight is 288 g/mol. The zero-order chi connectivity index (χ0) is 15.1. The lowest BCUT2D eigenvalue weighted by molar-refractivity contribution is 0.0814. The highest BCUT2D eigenvalue weighted by Gasteiger charge is 2.51. The Morgan fingerprint density at radius 3 is 1.32 bits per heavy atom. The Kier molecular flexibility index (Phi) is 8.05. The van der Waals surface area contributed by atoms with E-state index in [9.17, 15) is 0 Å². The van der Waals surface area contributed by atoms with Crippen LogP contribution in [0.3, 0.4) is 0 Å². The molecule has 0 bridgehead atoms. The molecule has 112 valence electrons. The first kappa shape index (κ1) is 18.2. The fourth-order valence-electron chi connectivity index (χ4n) is 1.74. The molecular weight excluding hydrogens is 260 g/mol. The first-order valence-corrected chi connectivity index (χ1v) is 8.45. The highest BCUT2D eigenvalue weighted by molar-refractivity contribution is 6.70. The highest BCUT2D eigenvalue weighted by atomic mass is 28.4. The predicted octanol–water partition coefficient (Wildman–Crippen LogP) is 3.46. The predicted molar refractivity (Wildman–Crippen MR) is 79.7 cm³/mol. The molecule has 0 fully saturated rings. The monoisotopic (exact) mass is 288 g/mol. The van der Waals surface area contributed by atoms with Gasteiger partial charge in [0, 0.05) is 14.2 Å².